The predicted molar refractivity (Wildman–Crippen MR) is 80.0 cm³/mol. The molecular formula is C14H9ClF4N2OS. The van der Waals surface area contributed by atoms with Crippen LogP contribution in [-0.4, -0.2) is 16.6 Å². The molecule has 0 spiro atoms. The van der Waals surface area contributed by atoms with E-state index in [1.54, 1.807) is 0 Å². The lowest BCUT2D eigenvalue weighted by atomic mass is 10.3. The number of rotatable bonds is 4. The number of carbonyl (C=O) groups is 1. The van der Waals surface area contributed by atoms with Crippen molar-refractivity contribution in [2.24, 2.45) is 0 Å². The summed E-state index contributed by atoms with van der Waals surface area (Å²) < 4.78 is 50.1. The zero-order valence-electron chi connectivity index (χ0n) is 11.3. The van der Waals surface area contributed by atoms with Crippen LogP contribution in [0.15, 0.2) is 41.6 Å². The third kappa shape index (κ3) is 5.11. The van der Waals surface area contributed by atoms with Gasteiger partial charge in [-0.15, -0.1) is 0 Å². The number of carbonyl (C=O) groups excluding carboxylic acids is 1. The van der Waals surface area contributed by atoms with E-state index in [0.717, 1.165) is 30.0 Å². The predicted octanol–water partition coefficient (Wildman–Crippen LogP) is 4.62. The standard InChI is InChI=1S/C14H9ClF4N2OS/c15-10-5-9(16)2-3-11(10)21-12(22)7-23-13-4-1-8(6-20-13)14(17,18)19/h1-6H,7H2,(H,21,22). The SMILES string of the molecule is O=C(CSc1ccc(C(F)(F)F)cn1)Nc1ccc(F)cc1Cl. The highest BCUT2D eigenvalue weighted by molar-refractivity contribution is 7.99. The van der Waals surface area contributed by atoms with Crippen LogP contribution in [0, 0.1) is 5.82 Å². The molecule has 0 saturated carbocycles. The first-order valence-electron chi connectivity index (χ1n) is 6.16. The maximum absolute atomic E-state index is 12.9. The Hall–Kier alpha value is -1.80. The van der Waals surface area contributed by atoms with Crippen molar-refractivity contribution in [2.45, 2.75) is 11.2 Å². The van der Waals surface area contributed by atoms with Crippen LogP contribution >= 0.6 is 23.4 Å². The number of hydrogen-bond donors (Lipinski definition) is 1. The highest BCUT2D eigenvalue weighted by Gasteiger charge is 2.30. The third-order valence-corrected chi connectivity index (χ3v) is 3.88. The summed E-state index contributed by atoms with van der Waals surface area (Å²) in [6.07, 6.45) is -3.75. The maximum Gasteiger partial charge on any atom is 0.417 e. The molecule has 0 atom stereocenters. The number of thioether (sulfide) groups is 1. The fraction of sp³-hybridized carbons (Fsp3) is 0.143. The molecule has 2 rings (SSSR count). The number of benzene rings is 1. The van der Waals surface area contributed by atoms with Gasteiger partial charge < -0.3 is 5.32 Å². The molecule has 0 aliphatic carbocycles. The Bertz CT molecular complexity index is 707. The van der Waals surface area contributed by atoms with Gasteiger partial charge in [-0.2, -0.15) is 13.2 Å². The maximum atomic E-state index is 12.9. The van der Waals surface area contributed by atoms with Crippen molar-refractivity contribution in [3.63, 3.8) is 0 Å². The molecule has 2 aromatic rings. The molecule has 9 heteroatoms. The summed E-state index contributed by atoms with van der Waals surface area (Å²) in [6.45, 7) is 0. The summed E-state index contributed by atoms with van der Waals surface area (Å²) in [5.41, 5.74) is -0.608. The van der Waals surface area contributed by atoms with Gasteiger partial charge in [0.05, 0.1) is 27.1 Å². The van der Waals surface area contributed by atoms with Crippen LogP contribution < -0.4 is 5.32 Å². The van der Waals surface area contributed by atoms with E-state index in [4.69, 9.17) is 11.6 Å². The van der Waals surface area contributed by atoms with Gasteiger partial charge in [-0.25, -0.2) is 9.37 Å². The van der Waals surface area contributed by atoms with Crippen LogP contribution in [0.25, 0.3) is 0 Å². The van der Waals surface area contributed by atoms with Gasteiger partial charge >= 0.3 is 6.18 Å². The van der Waals surface area contributed by atoms with Crippen LogP contribution in [0.5, 0.6) is 0 Å². The first-order valence-corrected chi connectivity index (χ1v) is 7.53. The molecule has 0 unspecified atom stereocenters. The third-order valence-electron chi connectivity index (χ3n) is 2.62. The summed E-state index contributed by atoms with van der Waals surface area (Å²) in [7, 11) is 0. The Morgan fingerprint density at radius 2 is 2.00 bits per heavy atom. The van der Waals surface area contributed by atoms with E-state index in [9.17, 15) is 22.4 Å². The molecule has 23 heavy (non-hydrogen) atoms. The molecule has 3 nitrogen and oxygen atoms in total. The van der Waals surface area contributed by atoms with E-state index in [1.165, 1.54) is 12.1 Å². The Labute approximate surface area is 138 Å². The van der Waals surface area contributed by atoms with Crippen LogP contribution in [0.2, 0.25) is 5.02 Å². The molecule has 122 valence electrons. The largest absolute Gasteiger partial charge is 0.417 e. The average Bonchev–Trinajstić information content (AvgIpc) is 2.47. The minimum absolute atomic E-state index is 0.0519. The minimum Gasteiger partial charge on any atom is -0.324 e. The van der Waals surface area contributed by atoms with E-state index >= 15 is 0 Å². The second-order valence-corrected chi connectivity index (χ2v) is 5.75. The Morgan fingerprint density at radius 3 is 2.57 bits per heavy atom. The highest BCUT2D eigenvalue weighted by atomic mass is 35.5. The lowest BCUT2D eigenvalue weighted by molar-refractivity contribution is -0.137. The number of alkyl halides is 3. The van der Waals surface area contributed by atoms with Crippen LogP contribution in [-0.2, 0) is 11.0 Å². The summed E-state index contributed by atoms with van der Waals surface area (Å²) >= 11 is 6.74. The average molecular weight is 365 g/mol. The monoisotopic (exact) mass is 364 g/mol. The Kier molecular flexibility index (Phi) is 5.48. The second kappa shape index (κ2) is 7.18. The first-order chi connectivity index (χ1) is 10.8. The van der Waals surface area contributed by atoms with Crippen molar-refractivity contribution in [1.29, 1.82) is 0 Å². The van der Waals surface area contributed by atoms with Gasteiger partial charge in [0, 0.05) is 6.20 Å². The van der Waals surface area contributed by atoms with E-state index in [-0.39, 0.29) is 21.5 Å². The molecule has 0 fully saturated rings. The molecule has 0 aliphatic rings. The van der Waals surface area contributed by atoms with Crippen molar-refractivity contribution in [3.8, 4) is 0 Å². The van der Waals surface area contributed by atoms with Crippen molar-refractivity contribution in [2.75, 3.05) is 11.1 Å². The zero-order chi connectivity index (χ0) is 17.0. The van der Waals surface area contributed by atoms with E-state index in [0.29, 0.717) is 6.20 Å². The molecule has 0 bridgehead atoms. The van der Waals surface area contributed by atoms with Gasteiger partial charge in [-0.3, -0.25) is 4.79 Å². The summed E-state index contributed by atoms with van der Waals surface area (Å²) in [4.78, 5) is 15.4. The van der Waals surface area contributed by atoms with E-state index < -0.39 is 23.5 Å². The Morgan fingerprint density at radius 1 is 1.26 bits per heavy atom. The highest BCUT2D eigenvalue weighted by Crippen LogP contribution is 2.29. The van der Waals surface area contributed by atoms with E-state index in [2.05, 4.69) is 10.3 Å². The minimum atomic E-state index is -4.45. The molecule has 0 saturated heterocycles. The Balaban J connectivity index is 1.91. The first kappa shape index (κ1) is 17.6. The quantitative estimate of drug-likeness (QED) is 0.635. The summed E-state index contributed by atoms with van der Waals surface area (Å²) in [6, 6.07) is 5.60. The number of nitrogens with one attached hydrogen (secondary N) is 1. The van der Waals surface area contributed by atoms with Crippen LogP contribution in [0.4, 0.5) is 23.2 Å². The number of hydrogen-bond acceptors (Lipinski definition) is 3. The van der Waals surface area contributed by atoms with Crippen molar-refractivity contribution in [1.82, 2.24) is 4.98 Å². The lowest BCUT2D eigenvalue weighted by Crippen LogP contribution is -2.14. The molecule has 1 aromatic heterocycles. The van der Waals surface area contributed by atoms with Crippen LogP contribution in [0.3, 0.4) is 0 Å². The van der Waals surface area contributed by atoms with Crippen molar-refractivity contribution in [3.05, 3.63) is 52.9 Å². The summed E-state index contributed by atoms with van der Waals surface area (Å²) in [5.74, 6) is -1.05. The molecule has 1 heterocycles. The topological polar surface area (TPSA) is 42.0 Å². The smallest absolute Gasteiger partial charge is 0.324 e. The normalized spacial score (nSPS) is 11.3. The molecule has 1 N–H and O–H groups in total. The molecular weight excluding hydrogens is 356 g/mol. The van der Waals surface area contributed by atoms with E-state index in [1.807, 2.05) is 0 Å². The molecule has 0 aliphatic heterocycles. The lowest BCUT2D eigenvalue weighted by Gasteiger charge is -2.08. The van der Waals surface area contributed by atoms with Gasteiger partial charge in [0.2, 0.25) is 5.91 Å². The fourth-order valence-electron chi connectivity index (χ4n) is 1.55. The van der Waals surface area contributed by atoms with Gasteiger partial charge in [-0.1, -0.05) is 23.4 Å². The number of nitrogens with zero attached hydrogens (tertiary/aromatic N) is 1. The second-order valence-electron chi connectivity index (χ2n) is 4.34. The van der Waals surface area contributed by atoms with Gasteiger partial charge in [0.25, 0.3) is 0 Å². The molecule has 0 radical (unpaired) electrons. The fourth-order valence-corrected chi connectivity index (χ4v) is 2.41. The van der Waals surface area contributed by atoms with Crippen molar-refractivity contribution >= 4 is 35.0 Å². The number of amides is 1. The van der Waals surface area contributed by atoms with Gasteiger partial charge in [0.15, 0.2) is 0 Å². The molecule has 1 aromatic carbocycles. The summed E-state index contributed by atoms with van der Waals surface area (Å²) in [5, 5.41) is 2.81. The number of aromatic nitrogens is 1. The zero-order valence-corrected chi connectivity index (χ0v) is 12.9. The number of halogens is 5. The number of anilines is 1. The molecule has 1 amide bonds. The van der Waals surface area contributed by atoms with Gasteiger partial charge in [0.1, 0.15) is 5.82 Å². The van der Waals surface area contributed by atoms with Crippen molar-refractivity contribution < 1.29 is 22.4 Å². The number of pyridine rings is 1. The van der Waals surface area contributed by atoms with Gasteiger partial charge in [-0.05, 0) is 30.3 Å². The van der Waals surface area contributed by atoms with Crippen LogP contribution in [0.1, 0.15) is 5.56 Å².